The molecule has 0 fully saturated rings. The van der Waals surface area contributed by atoms with E-state index in [1.54, 1.807) is 24.3 Å². The van der Waals surface area contributed by atoms with E-state index in [-0.39, 0.29) is 23.8 Å². The van der Waals surface area contributed by atoms with Crippen LogP contribution in [0.5, 0.6) is 5.75 Å². The van der Waals surface area contributed by atoms with Gasteiger partial charge >= 0.3 is 0 Å². The first-order valence-corrected chi connectivity index (χ1v) is 13.0. The Morgan fingerprint density at radius 1 is 1.06 bits per heavy atom. The molecule has 1 aliphatic rings. The highest BCUT2D eigenvalue weighted by molar-refractivity contribution is 7.17. The van der Waals surface area contributed by atoms with E-state index in [0.29, 0.717) is 27.3 Å². The minimum atomic E-state index is -0.310. The quantitative estimate of drug-likeness (QED) is 0.370. The number of carbonyl (C=O) groups is 2. The normalized spacial score (nSPS) is 15.3. The number of carbonyl (C=O) groups excluding carboxylic acids is 2. The monoisotopic (exact) mass is 510 g/mol. The summed E-state index contributed by atoms with van der Waals surface area (Å²) >= 11 is 7.42. The smallest absolute Gasteiger partial charge is 0.262 e. The third kappa shape index (κ3) is 6.24. The summed E-state index contributed by atoms with van der Waals surface area (Å²) in [5.41, 5.74) is 3.65. The Morgan fingerprint density at radius 3 is 2.40 bits per heavy atom. The Kier molecular flexibility index (Phi) is 7.53. The highest BCUT2D eigenvalue weighted by Gasteiger charge is 2.34. The summed E-state index contributed by atoms with van der Waals surface area (Å²) in [5, 5.41) is 7.14. The summed E-state index contributed by atoms with van der Waals surface area (Å²) < 4.78 is 5.60. The molecule has 0 aliphatic heterocycles. The number of anilines is 2. The average molecular weight is 511 g/mol. The highest BCUT2D eigenvalue weighted by atomic mass is 35.5. The van der Waals surface area contributed by atoms with Crippen molar-refractivity contribution in [3.05, 3.63) is 75.1 Å². The molecule has 184 valence electrons. The SMILES string of the molecule is Cc1ccc(NC(=O)c2c(NC(=O)COc3ccc(Cl)cc3)sc3c2CC[C@@H](C(C)(C)C)C3)cc1. The van der Waals surface area contributed by atoms with Crippen molar-refractivity contribution in [1.29, 1.82) is 0 Å². The van der Waals surface area contributed by atoms with Crippen LogP contribution in [0.25, 0.3) is 0 Å². The summed E-state index contributed by atoms with van der Waals surface area (Å²) in [6, 6.07) is 14.5. The Balaban J connectivity index is 1.56. The molecule has 1 aromatic heterocycles. The molecule has 1 atom stereocenters. The molecule has 4 rings (SSSR count). The average Bonchev–Trinajstić information content (AvgIpc) is 3.16. The van der Waals surface area contributed by atoms with Crippen molar-refractivity contribution in [3.8, 4) is 5.75 Å². The second-order valence-electron chi connectivity index (χ2n) is 10.1. The van der Waals surface area contributed by atoms with Gasteiger partial charge in [0.15, 0.2) is 6.61 Å². The zero-order chi connectivity index (χ0) is 25.2. The first-order valence-electron chi connectivity index (χ1n) is 11.8. The van der Waals surface area contributed by atoms with Crippen LogP contribution in [0.2, 0.25) is 5.02 Å². The Labute approximate surface area is 215 Å². The van der Waals surface area contributed by atoms with Crippen molar-refractivity contribution in [1.82, 2.24) is 0 Å². The number of aryl methyl sites for hydroxylation is 1. The molecule has 7 heteroatoms. The predicted molar refractivity (Wildman–Crippen MR) is 144 cm³/mol. The van der Waals surface area contributed by atoms with E-state index in [1.165, 1.54) is 16.2 Å². The third-order valence-corrected chi connectivity index (χ3v) is 7.88. The van der Waals surface area contributed by atoms with Crippen molar-refractivity contribution in [2.45, 2.75) is 47.0 Å². The van der Waals surface area contributed by atoms with Crippen LogP contribution in [0.1, 0.15) is 53.6 Å². The van der Waals surface area contributed by atoms with Gasteiger partial charge in [0.1, 0.15) is 10.8 Å². The van der Waals surface area contributed by atoms with Crippen molar-refractivity contribution in [2.75, 3.05) is 17.2 Å². The number of rotatable bonds is 6. The van der Waals surface area contributed by atoms with Gasteiger partial charge < -0.3 is 15.4 Å². The van der Waals surface area contributed by atoms with Crippen molar-refractivity contribution < 1.29 is 14.3 Å². The Hall–Kier alpha value is -2.83. The zero-order valence-corrected chi connectivity index (χ0v) is 22.1. The van der Waals surface area contributed by atoms with Crippen LogP contribution in [-0.4, -0.2) is 18.4 Å². The van der Waals surface area contributed by atoms with E-state index in [9.17, 15) is 9.59 Å². The topological polar surface area (TPSA) is 67.4 Å². The maximum absolute atomic E-state index is 13.4. The number of hydrogen-bond acceptors (Lipinski definition) is 4. The zero-order valence-electron chi connectivity index (χ0n) is 20.5. The van der Waals surface area contributed by atoms with Crippen molar-refractivity contribution in [2.24, 2.45) is 11.3 Å². The first kappa shape index (κ1) is 25.3. The fourth-order valence-electron chi connectivity index (χ4n) is 4.33. The number of amides is 2. The minimum absolute atomic E-state index is 0.159. The molecule has 0 saturated carbocycles. The largest absolute Gasteiger partial charge is 0.484 e. The summed E-state index contributed by atoms with van der Waals surface area (Å²) in [7, 11) is 0. The fraction of sp³-hybridized carbons (Fsp3) is 0.357. The molecule has 0 spiro atoms. The molecule has 0 unspecified atom stereocenters. The molecule has 3 aromatic rings. The second kappa shape index (κ2) is 10.4. The molecule has 0 radical (unpaired) electrons. The van der Waals surface area contributed by atoms with Crippen LogP contribution in [0.4, 0.5) is 10.7 Å². The van der Waals surface area contributed by atoms with Crippen LogP contribution >= 0.6 is 22.9 Å². The van der Waals surface area contributed by atoms with Gasteiger partial charge in [-0.15, -0.1) is 11.3 Å². The van der Waals surface area contributed by atoms with Crippen LogP contribution in [0, 0.1) is 18.3 Å². The fourth-order valence-corrected chi connectivity index (χ4v) is 5.79. The van der Waals surface area contributed by atoms with Crippen LogP contribution in [-0.2, 0) is 17.6 Å². The van der Waals surface area contributed by atoms with Crippen LogP contribution in [0.3, 0.4) is 0 Å². The lowest BCUT2D eigenvalue weighted by molar-refractivity contribution is -0.118. The molecule has 5 nitrogen and oxygen atoms in total. The summed E-state index contributed by atoms with van der Waals surface area (Å²) in [4.78, 5) is 27.4. The molecule has 0 bridgehead atoms. The maximum Gasteiger partial charge on any atom is 0.262 e. The lowest BCUT2D eigenvalue weighted by Crippen LogP contribution is -2.27. The second-order valence-corrected chi connectivity index (χ2v) is 11.7. The summed E-state index contributed by atoms with van der Waals surface area (Å²) in [5.74, 6) is 0.573. The van der Waals surface area contributed by atoms with Gasteiger partial charge in [0.2, 0.25) is 0 Å². The van der Waals surface area contributed by atoms with Gasteiger partial charge in [-0.1, -0.05) is 50.1 Å². The molecule has 2 amide bonds. The predicted octanol–water partition coefficient (Wildman–Crippen LogP) is 7.13. The standard InChI is InChI=1S/C28H31ClN2O3S/c1-17-5-10-20(11-6-17)30-26(33)25-22-14-7-18(28(2,3)4)15-23(22)35-27(25)31-24(32)16-34-21-12-8-19(29)9-13-21/h5-6,8-13,18H,7,14-16H2,1-4H3,(H,30,33)(H,31,32)/t18-/m1/s1. The van der Waals surface area contributed by atoms with E-state index in [1.807, 2.05) is 31.2 Å². The van der Waals surface area contributed by atoms with E-state index in [0.717, 1.165) is 36.1 Å². The van der Waals surface area contributed by atoms with E-state index in [2.05, 4.69) is 31.4 Å². The van der Waals surface area contributed by atoms with Crippen molar-refractivity contribution in [3.63, 3.8) is 0 Å². The van der Waals surface area contributed by atoms with E-state index < -0.39 is 0 Å². The van der Waals surface area contributed by atoms with Gasteiger partial charge in [0.05, 0.1) is 5.56 Å². The van der Waals surface area contributed by atoms with Gasteiger partial charge in [-0.2, -0.15) is 0 Å². The number of hydrogen-bond donors (Lipinski definition) is 2. The number of halogens is 1. The van der Waals surface area contributed by atoms with Gasteiger partial charge in [0, 0.05) is 15.6 Å². The van der Waals surface area contributed by atoms with Gasteiger partial charge in [-0.05, 0) is 79.5 Å². The molecular weight excluding hydrogens is 480 g/mol. The Bertz CT molecular complexity index is 1210. The van der Waals surface area contributed by atoms with E-state index >= 15 is 0 Å². The highest BCUT2D eigenvalue weighted by Crippen LogP contribution is 2.44. The number of benzene rings is 2. The minimum Gasteiger partial charge on any atom is -0.484 e. The van der Waals surface area contributed by atoms with Gasteiger partial charge in [-0.3, -0.25) is 9.59 Å². The first-order chi connectivity index (χ1) is 16.6. The molecule has 1 aliphatic carbocycles. The molecule has 0 saturated heterocycles. The van der Waals surface area contributed by atoms with Gasteiger partial charge in [-0.25, -0.2) is 0 Å². The van der Waals surface area contributed by atoms with Crippen LogP contribution < -0.4 is 15.4 Å². The molecule has 35 heavy (non-hydrogen) atoms. The third-order valence-electron chi connectivity index (χ3n) is 6.46. The maximum atomic E-state index is 13.4. The number of fused-ring (bicyclic) bond motifs is 1. The van der Waals surface area contributed by atoms with E-state index in [4.69, 9.17) is 16.3 Å². The summed E-state index contributed by atoms with van der Waals surface area (Å²) in [6.07, 6.45) is 2.75. The molecule has 1 heterocycles. The van der Waals surface area contributed by atoms with Gasteiger partial charge in [0.25, 0.3) is 11.8 Å². The molecule has 2 N–H and O–H groups in total. The Morgan fingerprint density at radius 2 is 1.74 bits per heavy atom. The van der Waals surface area contributed by atoms with Crippen molar-refractivity contribution >= 4 is 45.4 Å². The lowest BCUT2D eigenvalue weighted by atomic mass is 9.72. The number of thiophene rings is 1. The molecular formula is C28H31ClN2O3S. The summed E-state index contributed by atoms with van der Waals surface area (Å²) in [6.45, 7) is 8.63. The lowest BCUT2D eigenvalue weighted by Gasteiger charge is -2.33. The number of nitrogens with one attached hydrogen (secondary N) is 2. The molecule has 2 aromatic carbocycles. The number of ether oxygens (including phenoxy) is 1. The van der Waals surface area contributed by atoms with Crippen LogP contribution in [0.15, 0.2) is 48.5 Å².